The van der Waals surface area contributed by atoms with Crippen LogP contribution in [0.15, 0.2) is 12.5 Å². The number of alkyl carbamates (subject to hydrolysis) is 1. The van der Waals surface area contributed by atoms with Crippen molar-refractivity contribution in [2.45, 2.75) is 58.1 Å². The molecule has 1 amide bonds. The molecule has 0 unspecified atom stereocenters. The molecule has 25 heavy (non-hydrogen) atoms. The molecule has 6 nitrogen and oxygen atoms in total. The Labute approximate surface area is 148 Å². The summed E-state index contributed by atoms with van der Waals surface area (Å²) in [6, 6.07) is 0.0553. The summed E-state index contributed by atoms with van der Waals surface area (Å²) >= 11 is 0. The molecule has 3 rings (SSSR count). The first kappa shape index (κ1) is 17.9. The van der Waals surface area contributed by atoms with E-state index in [2.05, 4.69) is 20.6 Å². The summed E-state index contributed by atoms with van der Waals surface area (Å²) in [4.78, 5) is 19.8. The van der Waals surface area contributed by atoms with Gasteiger partial charge in [-0.2, -0.15) is 0 Å². The number of carbonyl (C=O) groups is 1. The molecule has 138 valence electrons. The van der Waals surface area contributed by atoms with Gasteiger partial charge in [-0.05, 0) is 64.2 Å². The number of hydrogen-bond acceptors (Lipinski definition) is 5. The zero-order valence-corrected chi connectivity index (χ0v) is 15.1. The van der Waals surface area contributed by atoms with Crippen molar-refractivity contribution in [2.75, 3.05) is 11.9 Å². The molecule has 2 fully saturated rings. The van der Waals surface area contributed by atoms with E-state index < -0.39 is 11.4 Å². The molecule has 0 aliphatic heterocycles. The number of nitrogens with zero attached hydrogens (tertiary/aromatic N) is 2. The maximum Gasteiger partial charge on any atom is 0.407 e. The number of ether oxygens (including phenoxy) is 1. The predicted octanol–water partition coefficient (Wildman–Crippen LogP) is 3.36. The number of halogens is 1. The highest BCUT2D eigenvalue weighted by molar-refractivity contribution is 5.68. The van der Waals surface area contributed by atoms with Crippen LogP contribution in [0, 0.1) is 23.6 Å². The smallest absolute Gasteiger partial charge is 0.407 e. The maximum absolute atomic E-state index is 13.7. The van der Waals surface area contributed by atoms with Gasteiger partial charge in [0.2, 0.25) is 0 Å². The van der Waals surface area contributed by atoms with E-state index in [9.17, 15) is 9.18 Å². The van der Waals surface area contributed by atoms with Crippen molar-refractivity contribution >= 4 is 11.9 Å². The highest BCUT2D eigenvalue weighted by Crippen LogP contribution is 2.47. The van der Waals surface area contributed by atoms with Crippen LogP contribution in [0.3, 0.4) is 0 Å². The minimum atomic E-state index is -0.518. The summed E-state index contributed by atoms with van der Waals surface area (Å²) in [5.74, 6) is 1.15. The molecule has 0 aromatic carbocycles. The van der Waals surface area contributed by atoms with Gasteiger partial charge in [0.1, 0.15) is 11.9 Å². The SMILES string of the molecule is CC(C)(C)OC(=O)N[C@H]1[C@H](CNc2ncncc2F)CC[C@@H]1C1CC1. The van der Waals surface area contributed by atoms with Gasteiger partial charge in [0.15, 0.2) is 11.6 Å². The van der Waals surface area contributed by atoms with Gasteiger partial charge in [0, 0.05) is 12.6 Å². The Bertz CT molecular complexity index is 615. The number of anilines is 1. The monoisotopic (exact) mass is 350 g/mol. The van der Waals surface area contributed by atoms with E-state index >= 15 is 0 Å². The second-order valence-corrected chi connectivity index (χ2v) is 8.11. The Morgan fingerprint density at radius 1 is 1.32 bits per heavy atom. The minimum Gasteiger partial charge on any atom is -0.444 e. The van der Waals surface area contributed by atoms with Crippen molar-refractivity contribution < 1.29 is 13.9 Å². The van der Waals surface area contributed by atoms with Crippen molar-refractivity contribution in [1.29, 1.82) is 0 Å². The van der Waals surface area contributed by atoms with Crippen LogP contribution in [0.25, 0.3) is 0 Å². The minimum absolute atomic E-state index is 0.0553. The lowest BCUT2D eigenvalue weighted by Gasteiger charge is -2.28. The van der Waals surface area contributed by atoms with Gasteiger partial charge in [-0.1, -0.05) is 0 Å². The zero-order valence-electron chi connectivity index (χ0n) is 15.1. The standard InChI is InChI=1S/C18H27FN4O2/c1-18(2,3)25-17(24)23-15-12(6-7-13(15)11-4-5-11)8-21-16-14(19)9-20-10-22-16/h9-13,15H,4-8H2,1-3H3,(H,23,24)(H,20,21,22)/t12-,13+,15-/m0/s1. The highest BCUT2D eigenvalue weighted by Gasteiger charge is 2.45. The molecule has 1 aromatic rings. The van der Waals surface area contributed by atoms with Crippen LogP contribution in [0.1, 0.15) is 46.5 Å². The van der Waals surface area contributed by atoms with Gasteiger partial charge in [-0.3, -0.25) is 0 Å². The first-order valence-electron chi connectivity index (χ1n) is 9.02. The van der Waals surface area contributed by atoms with Crippen LogP contribution in [0.4, 0.5) is 15.0 Å². The lowest BCUT2D eigenvalue weighted by molar-refractivity contribution is 0.0476. The van der Waals surface area contributed by atoms with E-state index in [1.807, 2.05) is 20.8 Å². The van der Waals surface area contributed by atoms with Crippen LogP contribution in [0.2, 0.25) is 0 Å². The molecule has 0 radical (unpaired) electrons. The first-order chi connectivity index (χ1) is 11.8. The Morgan fingerprint density at radius 2 is 2.08 bits per heavy atom. The molecular weight excluding hydrogens is 323 g/mol. The fourth-order valence-electron chi connectivity index (χ4n) is 3.74. The Hall–Kier alpha value is -1.92. The van der Waals surface area contributed by atoms with Crippen LogP contribution in [-0.4, -0.2) is 34.2 Å². The second-order valence-electron chi connectivity index (χ2n) is 8.11. The van der Waals surface area contributed by atoms with E-state index in [1.54, 1.807) is 0 Å². The molecular formula is C18H27FN4O2. The number of nitrogens with one attached hydrogen (secondary N) is 2. The van der Waals surface area contributed by atoms with Crippen molar-refractivity contribution in [2.24, 2.45) is 17.8 Å². The molecule has 1 heterocycles. The molecule has 0 bridgehead atoms. The topological polar surface area (TPSA) is 76.1 Å². The van der Waals surface area contributed by atoms with Gasteiger partial charge < -0.3 is 15.4 Å². The fraction of sp³-hybridized carbons (Fsp3) is 0.722. The molecule has 2 aliphatic rings. The molecule has 7 heteroatoms. The normalized spacial score (nSPS) is 26.3. The molecule has 1 aromatic heterocycles. The van der Waals surface area contributed by atoms with Crippen LogP contribution in [-0.2, 0) is 4.74 Å². The number of carbonyl (C=O) groups excluding carboxylic acids is 1. The summed E-state index contributed by atoms with van der Waals surface area (Å²) in [5, 5.41) is 6.15. The summed E-state index contributed by atoms with van der Waals surface area (Å²) in [6.07, 6.45) is 6.65. The number of aromatic nitrogens is 2. The largest absolute Gasteiger partial charge is 0.444 e. The molecule has 0 saturated heterocycles. The van der Waals surface area contributed by atoms with Crippen molar-refractivity contribution in [3.05, 3.63) is 18.3 Å². The van der Waals surface area contributed by atoms with E-state index in [0.29, 0.717) is 18.4 Å². The van der Waals surface area contributed by atoms with E-state index in [-0.39, 0.29) is 23.9 Å². The van der Waals surface area contributed by atoms with E-state index in [0.717, 1.165) is 19.0 Å². The third kappa shape index (κ3) is 4.80. The average Bonchev–Trinajstić information content (AvgIpc) is 3.28. The number of rotatable bonds is 5. The van der Waals surface area contributed by atoms with Gasteiger partial charge in [-0.25, -0.2) is 19.2 Å². The molecule has 0 spiro atoms. The van der Waals surface area contributed by atoms with Gasteiger partial charge in [0.25, 0.3) is 0 Å². The highest BCUT2D eigenvalue weighted by atomic mass is 19.1. The maximum atomic E-state index is 13.7. The summed E-state index contributed by atoms with van der Waals surface area (Å²) in [5.41, 5.74) is -0.518. The first-order valence-corrected chi connectivity index (χ1v) is 9.02. The molecule has 2 saturated carbocycles. The van der Waals surface area contributed by atoms with Gasteiger partial charge in [-0.15, -0.1) is 0 Å². The fourth-order valence-corrected chi connectivity index (χ4v) is 3.74. The quantitative estimate of drug-likeness (QED) is 0.852. The van der Waals surface area contributed by atoms with Gasteiger partial charge >= 0.3 is 6.09 Å². The summed E-state index contributed by atoms with van der Waals surface area (Å²) in [6.45, 7) is 6.14. The lowest BCUT2D eigenvalue weighted by Crippen LogP contribution is -2.46. The van der Waals surface area contributed by atoms with Crippen LogP contribution in [0.5, 0.6) is 0 Å². The van der Waals surface area contributed by atoms with Crippen molar-refractivity contribution in [3.63, 3.8) is 0 Å². The molecule has 2 aliphatic carbocycles. The third-order valence-corrected chi connectivity index (χ3v) is 4.95. The van der Waals surface area contributed by atoms with Crippen LogP contribution < -0.4 is 10.6 Å². The van der Waals surface area contributed by atoms with E-state index in [1.165, 1.54) is 19.2 Å². The summed E-state index contributed by atoms with van der Waals surface area (Å²) in [7, 11) is 0. The molecule has 2 N–H and O–H groups in total. The van der Waals surface area contributed by atoms with Crippen molar-refractivity contribution in [1.82, 2.24) is 15.3 Å². The number of hydrogen-bond donors (Lipinski definition) is 2. The summed E-state index contributed by atoms with van der Waals surface area (Å²) < 4.78 is 19.1. The Balaban J connectivity index is 1.63. The number of amides is 1. The average molecular weight is 350 g/mol. The predicted molar refractivity (Wildman–Crippen MR) is 92.6 cm³/mol. The van der Waals surface area contributed by atoms with E-state index in [4.69, 9.17) is 4.74 Å². The van der Waals surface area contributed by atoms with Crippen molar-refractivity contribution in [3.8, 4) is 0 Å². The van der Waals surface area contributed by atoms with Crippen LogP contribution >= 0.6 is 0 Å². The zero-order chi connectivity index (χ0) is 18.0. The Kier molecular flexibility index (Phi) is 5.11. The molecule has 3 atom stereocenters. The third-order valence-electron chi connectivity index (χ3n) is 4.95. The van der Waals surface area contributed by atoms with Gasteiger partial charge in [0.05, 0.1) is 6.20 Å². The lowest BCUT2D eigenvalue weighted by atomic mass is 9.93. The second kappa shape index (κ2) is 7.14. The Morgan fingerprint density at radius 3 is 2.72 bits per heavy atom.